The Morgan fingerprint density at radius 1 is 1.00 bits per heavy atom. The van der Waals surface area contributed by atoms with E-state index < -0.39 is 0 Å². The van der Waals surface area contributed by atoms with Crippen molar-refractivity contribution in [2.24, 2.45) is 5.73 Å². The van der Waals surface area contributed by atoms with E-state index in [1.54, 1.807) is 13.2 Å². The van der Waals surface area contributed by atoms with Crippen molar-refractivity contribution in [2.75, 3.05) is 7.11 Å². The average Bonchev–Trinajstić information content (AvgIpc) is 2.39. The van der Waals surface area contributed by atoms with Gasteiger partial charge in [-0.15, -0.1) is 0 Å². The SMILES string of the molecule is COc1ccc(Oc2ccc(C(C)N)c(Cl)c2)cc1. The molecule has 0 saturated carbocycles. The minimum absolute atomic E-state index is 0.0949. The molecule has 0 aliphatic heterocycles. The van der Waals surface area contributed by atoms with E-state index in [9.17, 15) is 0 Å². The summed E-state index contributed by atoms with van der Waals surface area (Å²) < 4.78 is 10.8. The Kier molecular flexibility index (Phi) is 4.30. The van der Waals surface area contributed by atoms with Crippen LogP contribution >= 0.6 is 11.6 Å². The van der Waals surface area contributed by atoms with Crippen LogP contribution in [0, 0.1) is 0 Å². The largest absolute Gasteiger partial charge is 0.497 e. The molecule has 3 nitrogen and oxygen atoms in total. The van der Waals surface area contributed by atoms with E-state index in [0.717, 1.165) is 17.1 Å². The predicted molar refractivity (Wildman–Crippen MR) is 77.1 cm³/mol. The van der Waals surface area contributed by atoms with Crippen LogP contribution in [0.2, 0.25) is 5.02 Å². The Bertz CT molecular complexity index is 553. The fourth-order valence-electron chi connectivity index (χ4n) is 1.72. The third-order valence-corrected chi connectivity index (χ3v) is 3.08. The molecule has 0 saturated heterocycles. The third-order valence-electron chi connectivity index (χ3n) is 2.76. The maximum atomic E-state index is 6.16. The highest BCUT2D eigenvalue weighted by Crippen LogP contribution is 2.29. The van der Waals surface area contributed by atoms with E-state index in [-0.39, 0.29) is 6.04 Å². The maximum Gasteiger partial charge on any atom is 0.128 e. The molecule has 0 aliphatic rings. The van der Waals surface area contributed by atoms with Gasteiger partial charge in [-0.1, -0.05) is 17.7 Å². The molecule has 0 heterocycles. The number of nitrogens with two attached hydrogens (primary N) is 1. The fourth-order valence-corrected chi connectivity index (χ4v) is 2.06. The smallest absolute Gasteiger partial charge is 0.128 e. The maximum absolute atomic E-state index is 6.16. The molecule has 0 fully saturated rings. The van der Waals surface area contributed by atoms with E-state index in [0.29, 0.717) is 10.8 Å². The highest BCUT2D eigenvalue weighted by Gasteiger charge is 2.07. The molecule has 0 radical (unpaired) electrons. The van der Waals surface area contributed by atoms with Crippen LogP contribution in [0.15, 0.2) is 42.5 Å². The van der Waals surface area contributed by atoms with Crippen LogP contribution in [0.5, 0.6) is 17.2 Å². The minimum atomic E-state index is -0.0949. The Labute approximate surface area is 117 Å². The predicted octanol–water partition coefficient (Wildman–Crippen LogP) is 4.16. The van der Waals surface area contributed by atoms with Crippen molar-refractivity contribution in [1.82, 2.24) is 0 Å². The quantitative estimate of drug-likeness (QED) is 0.912. The number of methoxy groups -OCH3 is 1. The van der Waals surface area contributed by atoms with Crippen molar-refractivity contribution in [3.05, 3.63) is 53.1 Å². The Morgan fingerprint density at radius 2 is 1.58 bits per heavy atom. The Hall–Kier alpha value is -1.71. The monoisotopic (exact) mass is 277 g/mol. The molecule has 2 N–H and O–H groups in total. The summed E-state index contributed by atoms with van der Waals surface area (Å²) >= 11 is 6.16. The van der Waals surface area contributed by atoms with Crippen LogP contribution in [0.4, 0.5) is 0 Å². The van der Waals surface area contributed by atoms with Crippen molar-refractivity contribution in [1.29, 1.82) is 0 Å². The lowest BCUT2D eigenvalue weighted by molar-refractivity contribution is 0.413. The zero-order valence-electron chi connectivity index (χ0n) is 10.9. The molecule has 1 unspecified atom stereocenters. The van der Waals surface area contributed by atoms with Crippen LogP contribution < -0.4 is 15.2 Å². The van der Waals surface area contributed by atoms with Gasteiger partial charge in [0.25, 0.3) is 0 Å². The van der Waals surface area contributed by atoms with E-state index in [1.165, 1.54) is 0 Å². The molecule has 0 aliphatic carbocycles. The molecular weight excluding hydrogens is 262 g/mol. The van der Waals surface area contributed by atoms with Gasteiger partial charge in [0.2, 0.25) is 0 Å². The van der Waals surface area contributed by atoms with Crippen molar-refractivity contribution in [3.63, 3.8) is 0 Å². The number of hydrogen-bond acceptors (Lipinski definition) is 3. The number of rotatable bonds is 4. The molecule has 0 amide bonds. The third kappa shape index (κ3) is 3.40. The van der Waals surface area contributed by atoms with Gasteiger partial charge in [0.05, 0.1) is 7.11 Å². The van der Waals surface area contributed by atoms with Gasteiger partial charge >= 0.3 is 0 Å². The number of hydrogen-bond donors (Lipinski definition) is 1. The Balaban J connectivity index is 2.16. The summed E-state index contributed by atoms with van der Waals surface area (Å²) in [4.78, 5) is 0. The van der Waals surface area contributed by atoms with Crippen molar-refractivity contribution in [3.8, 4) is 17.2 Å². The lowest BCUT2D eigenvalue weighted by atomic mass is 10.1. The summed E-state index contributed by atoms with van der Waals surface area (Å²) in [7, 11) is 1.63. The molecule has 0 spiro atoms. The first-order chi connectivity index (χ1) is 9.10. The first-order valence-corrected chi connectivity index (χ1v) is 6.35. The van der Waals surface area contributed by atoms with Gasteiger partial charge in [0.15, 0.2) is 0 Å². The van der Waals surface area contributed by atoms with E-state index in [4.69, 9.17) is 26.8 Å². The number of halogens is 1. The fraction of sp³-hybridized carbons (Fsp3) is 0.200. The molecule has 2 rings (SSSR count). The van der Waals surface area contributed by atoms with Crippen LogP contribution in [0.25, 0.3) is 0 Å². The molecule has 19 heavy (non-hydrogen) atoms. The first kappa shape index (κ1) is 13.7. The van der Waals surface area contributed by atoms with Crippen LogP contribution in [0.3, 0.4) is 0 Å². The number of ether oxygens (including phenoxy) is 2. The van der Waals surface area contributed by atoms with E-state index in [1.807, 2.05) is 43.3 Å². The van der Waals surface area contributed by atoms with Gasteiger partial charge in [-0.3, -0.25) is 0 Å². The van der Waals surface area contributed by atoms with Crippen LogP contribution in [-0.4, -0.2) is 7.11 Å². The summed E-state index contributed by atoms with van der Waals surface area (Å²) in [6.45, 7) is 1.89. The summed E-state index contributed by atoms with van der Waals surface area (Å²) in [5, 5.41) is 0.612. The molecule has 100 valence electrons. The van der Waals surface area contributed by atoms with Gasteiger partial charge in [0, 0.05) is 11.1 Å². The van der Waals surface area contributed by atoms with E-state index >= 15 is 0 Å². The summed E-state index contributed by atoms with van der Waals surface area (Å²) in [5.74, 6) is 2.20. The molecule has 2 aromatic carbocycles. The molecular formula is C15H16ClNO2. The topological polar surface area (TPSA) is 44.5 Å². The second kappa shape index (κ2) is 5.95. The van der Waals surface area contributed by atoms with Crippen LogP contribution in [-0.2, 0) is 0 Å². The molecule has 2 aromatic rings. The molecule has 4 heteroatoms. The average molecular weight is 278 g/mol. The van der Waals surface area contributed by atoms with Crippen molar-refractivity contribution >= 4 is 11.6 Å². The van der Waals surface area contributed by atoms with E-state index in [2.05, 4.69) is 0 Å². The second-order valence-corrected chi connectivity index (χ2v) is 4.66. The standard InChI is InChI=1S/C15H16ClNO2/c1-10(17)14-8-7-13(9-15(14)16)19-12-5-3-11(18-2)4-6-12/h3-10H,17H2,1-2H3. The molecule has 0 bridgehead atoms. The minimum Gasteiger partial charge on any atom is -0.497 e. The molecule has 1 atom stereocenters. The first-order valence-electron chi connectivity index (χ1n) is 5.97. The summed E-state index contributed by atoms with van der Waals surface area (Å²) in [6.07, 6.45) is 0. The lowest BCUT2D eigenvalue weighted by Crippen LogP contribution is -2.05. The van der Waals surface area contributed by atoms with Crippen molar-refractivity contribution in [2.45, 2.75) is 13.0 Å². The zero-order chi connectivity index (χ0) is 13.8. The van der Waals surface area contributed by atoms with Gasteiger partial charge in [-0.25, -0.2) is 0 Å². The van der Waals surface area contributed by atoms with Gasteiger partial charge in [-0.05, 0) is 48.9 Å². The summed E-state index contributed by atoms with van der Waals surface area (Å²) in [5.41, 5.74) is 6.72. The van der Waals surface area contributed by atoms with Gasteiger partial charge < -0.3 is 15.2 Å². The zero-order valence-corrected chi connectivity index (χ0v) is 11.6. The second-order valence-electron chi connectivity index (χ2n) is 4.25. The van der Waals surface area contributed by atoms with Gasteiger partial charge in [0.1, 0.15) is 17.2 Å². The normalized spacial score (nSPS) is 12.0. The molecule has 0 aromatic heterocycles. The Morgan fingerprint density at radius 3 is 2.11 bits per heavy atom. The van der Waals surface area contributed by atoms with Crippen LogP contribution in [0.1, 0.15) is 18.5 Å². The highest BCUT2D eigenvalue weighted by molar-refractivity contribution is 6.31. The van der Waals surface area contributed by atoms with Crippen molar-refractivity contribution < 1.29 is 9.47 Å². The highest BCUT2D eigenvalue weighted by atomic mass is 35.5. The number of benzene rings is 2. The van der Waals surface area contributed by atoms with Gasteiger partial charge in [-0.2, -0.15) is 0 Å². The lowest BCUT2D eigenvalue weighted by Gasteiger charge is -2.11. The summed E-state index contributed by atoms with van der Waals surface area (Å²) in [6, 6.07) is 12.8.